The monoisotopic (exact) mass is 365 g/mol. The number of fused-ring (bicyclic) bond motifs is 1. The molecule has 118 valence electrons. The lowest BCUT2D eigenvalue weighted by atomic mass is 10.2. The smallest absolute Gasteiger partial charge is 0.222 e. The first-order valence-electron chi connectivity index (χ1n) is 7.61. The number of rotatable bonds is 4. The lowest BCUT2D eigenvalue weighted by molar-refractivity contribution is -0.131. The van der Waals surface area contributed by atoms with Crippen LogP contribution in [0.4, 0.5) is 5.82 Å². The molecule has 1 aliphatic rings. The zero-order valence-corrected chi connectivity index (χ0v) is 14.5. The Morgan fingerprint density at radius 2 is 2.32 bits per heavy atom. The highest BCUT2D eigenvalue weighted by Crippen LogP contribution is 2.22. The minimum atomic E-state index is 0.232. The van der Waals surface area contributed by atoms with Crippen molar-refractivity contribution in [2.24, 2.45) is 0 Å². The van der Waals surface area contributed by atoms with Crippen LogP contribution >= 0.6 is 15.9 Å². The van der Waals surface area contributed by atoms with Crippen LogP contribution in [0, 0.1) is 0 Å². The van der Waals surface area contributed by atoms with Crippen molar-refractivity contribution in [2.75, 3.05) is 25.0 Å². The molecule has 0 N–H and O–H groups in total. The number of aromatic nitrogens is 3. The Labute approximate surface area is 138 Å². The lowest BCUT2D eigenvalue weighted by Crippen LogP contribution is -2.39. The number of carbonyl (C=O) groups excluding carboxylic acids is 1. The SMILES string of the molecule is CCCC(=O)N(C)C1CCN(c2ccc3ncc(Br)n3n2)C1. The Morgan fingerprint density at radius 3 is 3.09 bits per heavy atom. The zero-order chi connectivity index (χ0) is 15.7. The van der Waals surface area contributed by atoms with Crippen LogP contribution in [-0.2, 0) is 4.79 Å². The van der Waals surface area contributed by atoms with Crippen LogP contribution < -0.4 is 4.90 Å². The molecule has 22 heavy (non-hydrogen) atoms. The number of carbonyl (C=O) groups is 1. The molecule has 1 fully saturated rings. The van der Waals surface area contributed by atoms with Crippen molar-refractivity contribution >= 4 is 33.3 Å². The second-order valence-electron chi connectivity index (χ2n) is 5.69. The number of hydrogen-bond donors (Lipinski definition) is 0. The quantitative estimate of drug-likeness (QED) is 0.834. The first kappa shape index (κ1) is 15.3. The number of hydrogen-bond acceptors (Lipinski definition) is 4. The largest absolute Gasteiger partial charge is 0.353 e. The summed E-state index contributed by atoms with van der Waals surface area (Å²) >= 11 is 3.45. The molecule has 1 atom stereocenters. The van der Waals surface area contributed by atoms with Crippen LogP contribution in [0.25, 0.3) is 5.65 Å². The van der Waals surface area contributed by atoms with E-state index >= 15 is 0 Å². The molecule has 1 aliphatic heterocycles. The maximum absolute atomic E-state index is 12.0. The van der Waals surface area contributed by atoms with Gasteiger partial charge in [0.1, 0.15) is 10.4 Å². The summed E-state index contributed by atoms with van der Waals surface area (Å²) in [6, 6.07) is 4.22. The number of amides is 1. The molecule has 2 aromatic heterocycles. The second kappa shape index (κ2) is 6.24. The van der Waals surface area contributed by atoms with Crippen LogP contribution in [0.15, 0.2) is 22.9 Å². The molecule has 1 saturated heterocycles. The van der Waals surface area contributed by atoms with Gasteiger partial charge in [-0.25, -0.2) is 9.50 Å². The number of halogens is 1. The number of imidazole rings is 1. The summed E-state index contributed by atoms with van der Waals surface area (Å²) < 4.78 is 2.63. The summed E-state index contributed by atoms with van der Waals surface area (Å²) in [5.41, 5.74) is 0.821. The number of anilines is 1. The maximum atomic E-state index is 12.0. The van der Waals surface area contributed by atoms with Crippen LogP contribution in [0.1, 0.15) is 26.2 Å². The van der Waals surface area contributed by atoms with Crippen molar-refractivity contribution in [2.45, 2.75) is 32.2 Å². The molecule has 0 saturated carbocycles. The van der Waals surface area contributed by atoms with Gasteiger partial charge in [-0.1, -0.05) is 6.92 Å². The highest BCUT2D eigenvalue weighted by Gasteiger charge is 2.29. The van der Waals surface area contributed by atoms with Gasteiger partial charge in [0, 0.05) is 26.6 Å². The van der Waals surface area contributed by atoms with Gasteiger partial charge in [-0.3, -0.25) is 4.79 Å². The lowest BCUT2D eigenvalue weighted by Gasteiger charge is -2.25. The normalized spacial score (nSPS) is 18.1. The molecule has 2 aromatic rings. The van der Waals surface area contributed by atoms with Crippen molar-refractivity contribution in [3.05, 3.63) is 22.9 Å². The van der Waals surface area contributed by atoms with Gasteiger partial charge in [0.05, 0.1) is 12.2 Å². The molecule has 0 radical (unpaired) electrons. The summed E-state index contributed by atoms with van der Waals surface area (Å²) in [5, 5.41) is 4.62. The van der Waals surface area contributed by atoms with Gasteiger partial charge >= 0.3 is 0 Å². The Balaban J connectivity index is 1.73. The summed E-state index contributed by atoms with van der Waals surface area (Å²) in [4.78, 5) is 20.4. The third-order valence-corrected chi connectivity index (χ3v) is 4.74. The minimum absolute atomic E-state index is 0.232. The van der Waals surface area contributed by atoms with E-state index in [0.717, 1.165) is 42.0 Å². The molecule has 7 heteroatoms. The molecule has 0 aliphatic carbocycles. The first-order chi connectivity index (χ1) is 10.6. The molecule has 6 nitrogen and oxygen atoms in total. The van der Waals surface area contributed by atoms with Crippen LogP contribution in [0.5, 0.6) is 0 Å². The predicted octanol–water partition coefficient (Wildman–Crippen LogP) is 2.33. The van der Waals surface area contributed by atoms with Gasteiger partial charge in [-0.2, -0.15) is 0 Å². The molecular weight excluding hydrogens is 346 g/mol. The maximum Gasteiger partial charge on any atom is 0.222 e. The fourth-order valence-corrected chi connectivity index (χ4v) is 3.23. The van der Waals surface area contributed by atoms with E-state index < -0.39 is 0 Å². The third-order valence-electron chi connectivity index (χ3n) is 4.20. The zero-order valence-electron chi connectivity index (χ0n) is 12.9. The first-order valence-corrected chi connectivity index (χ1v) is 8.40. The highest BCUT2D eigenvalue weighted by molar-refractivity contribution is 9.10. The third kappa shape index (κ3) is 2.82. The van der Waals surface area contributed by atoms with E-state index in [1.165, 1.54) is 0 Å². The summed E-state index contributed by atoms with van der Waals surface area (Å²) in [6.07, 6.45) is 4.25. The van der Waals surface area contributed by atoms with Crippen molar-refractivity contribution < 1.29 is 4.79 Å². The van der Waals surface area contributed by atoms with E-state index in [-0.39, 0.29) is 11.9 Å². The topological polar surface area (TPSA) is 53.7 Å². The van der Waals surface area contributed by atoms with Gasteiger partial charge < -0.3 is 9.80 Å². The Bertz CT molecular complexity index is 686. The van der Waals surface area contributed by atoms with Gasteiger partial charge in [0.25, 0.3) is 0 Å². The fraction of sp³-hybridized carbons (Fsp3) is 0.533. The van der Waals surface area contributed by atoms with Crippen LogP contribution in [0.3, 0.4) is 0 Å². The van der Waals surface area contributed by atoms with Gasteiger partial charge in [-0.15, -0.1) is 5.10 Å². The van der Waals surface area contributed by atoms with E-state index in [0.29, 0.717) is 6.42 Å². The minimum Gasteiger partial charge on any atom is -0.353 e. The van der Waals surface area contributed by atoms with E-state index in [9.17, 15) is 4.79 Å². The fourth-order valence-electron chi connectivity index (χ4n) is 2.86. The van der Waals surface area contributed by atoms with Crippen molar-refractivity contribution in [1.29, 1.82) is 0 Å². The Morgan fingerprint density at radius 1 is 1.50 bits per heavy atom. The van der Waals surface area contributed by atoms with Crippen molar-refractivity contribution in [3.8, 4) is 0 Å². The molecule has 3 rings (SSSR count). The highest BCUT2D eigenvalue weighted by atomic mass is 79.9. The van der Waals surface area contributed by atoms with Gasteiger partial charge in [0.15, 0.2) is 5.65 Å². The Hall–Kier alpha value is -1.63. The van der Waals surface area contributed by atoms with Crippen LogP contribution in [-0.4, -0.2) is 51.6 Å². The van der Waals surface area contributed by atoms with Gasteiger partial charge in [-0.05, 0) is 40.9 Å². The molecule has 0 bridgehead atoms. The molecule has 1 amide bonds. The van der Waals surface area contributed by atoms with Crippen LogP contribution in [0.2, 0.25) is 0 Å². The Kier molecular flexibility index (Phi) is 4.33. The van der Waals surface area contributed by atoms with Crippen molar-refractivity contribution in [3.63, 3.8) is 0 Å². The molecule has 0 aromatic carbocycles. The van der Waals surface area contributed by atoms with Gasteiger partial charge in [0.2, 0.25) is 5.91 Å². The summed E-state index contributed by atoms with van der Waals surface area (Å²) in [5.74, 6) is 1.15. The van der Waals surface area contributed by atoms with E-state index in [4.69, 9.17) is 0 Å². The molecule has 3 heterocycles. The molecule has 0 spiro atoms. The molecule has 1 unspecified atom stereocenters. The molecular formula is C15H20BrN5O. The number of likely N-dealkylation sites (N-methyl/N-ethyl adjacent to an activating group) is 1. The van der Waals surface area contributed by atoms with E-state index in [2.05, 4.69) is 30.9 Å². The average molecular weight is 366 g/mol. The standard InChI is InChI=1S/C15H20BrN5O/c1-3-4-15(22)19(2)11-7-8-20(10-11)14-6-5-13-17-9-12(16)21(13)18-14/h5-6,9,11H,3-4,7-8,10H2,1-2H3. The average Bonchev–Trinajstić information content (AvgIpc) is 3.14. The second-order valence-corrected chi connectivity index (χ2v) is 6.50. The van der Waals surface area contributed by atoms with E-state index in [1.54, 1.807) is 10.7 Å². The summed E-state index contributed by atoms with van der Waals surface area (Å²) in [7, 11) is 1.91. The predicted molar refractivity (Wildman–Crippen MR) is 89.0 cm³/mol. The number of nitrogens with zero attached hydrogens (tertiary/aromatic N) is 5. The van der Waals surface area contributed by atoms with E-state index in [1.807, 2.05) is 31.0 Å². The summed E-state index contributed by atoms with van der Waals surface area (Å²) in [6.45, 7) is 3.78. The van der Waals surface area contributed by atoms with Crippen molar-refractivity contribution in [1.82, 2.24) is 19.5 Å².